The van der Waals surface area contributed by atoms with E-state index in [0.29, 0.717) is 16.9 Å². The summed E-state index contributed by atoms with van der Waals surface area (Å²) < 4.78 is 6.64. The van der Waals surface area contributed by atoms with Crippen LogP contribution in [0.25, 0.3) is 0 Å². The lowest BCUT2D eigenvalue weighted by molar-refractivity contribution is -0.139. The highest BCUT2D eigenvalue weighted by molar-refractivity contribution is 6.32. The number of carbonyl (C=O) groups excluding carboxylic acids is 1. The third-order valence-corrected chi connectivity index (χ3v) is 3.49. The van der Waals surface area contributed by atoms with E-state index >= 15 is 0 Å². The summed E-state index contributed by atoms with van der Waals surface area (Å²) >= 11 is 6.04. The van der Waals surface area contributed by atoms with Crippen LogP contribution in [0, 0.1) is 0 Å². The van der Waals surface area contributed by atoms with Crippen molar-refractivity contribution in [3.8, 4) is 5.75 Å². The van der Waals surface area contributed by atoms with Gasteiger partial charge >= 0.3 is 5.97 Å². The number of nitrogens with one attached hydrogen (secondary N) is 1. The molecule has 2 rings (SSSR count). The van der Waals surface area contributed by atoms with Gasteiger partial charge in [0, 0.05) is 18.9 Å². The van der Waals surface area contributed by atoms with Crippen LogP contribution in [-0.2, 0) is 11.8 Å². The molecule has 1 heterocycles. The molecule has 0 saturated carbocycles. The van der Waals surface area contributed by atoms with E-state index in [-0.39, 0.29) is 22.6 Å². The second-order valence-corrected chi connectivity index (χ2v) is 5.95. The molecule has 0 aliphatic carbocycles. The first kappa shape index (κ1) is 17.8. The van der Waals surface area contributed by atoms with Gasteiger partial charge in [0.2, 0.25) is 0 Å². The smallest absolute Gasteiger partial charge is 0.341 e. The van der Waals surface area contributed by atoms with Gasteiger partial charge < -0.3 is 15.2 Å². The number of nitrogens with zero attached hydrogens (tertiary/aromatic N) is 2. The average Bonchev–Trinajstić information content (AvgIpc) is 2.88. The number of benzene rings is 1. The van der Waals surface area contributed by atoms with Gasteiger partial charge in [0.05, 0.1) is 16.3 Å². The fourth-order valence-corrected chi connectivity index (χ4v) is 2.38. The normalized spacial score (nSPS) is 10.7. The maximum absolute atomic E-state index is 12.4. The molecule has 8 heteroatoms. The van der Waals surface area contributed by atoms with Crippen LogP contribution in [0.4, 0.5) is 5.69 Å². The van der Waals surface area contributed by atoms with E-state index in [2.05, 4.69) is 10.4 Å². The van der Waals surface area contributed by atoms with E-state index in [1.165, 1.54) is 12.1 Å². The number of carboxylic acid groups (broad SMARTS) is 1. The van der Waals surface area contributed by atoms with Crippen LogP contribution < -0.4 is 10.1 Å². The Balaban J connectivity index is 2.15. The first-order valence-electron chi connectivity index (χ1n) is 7.27. The molecule has 1 aromatic heterocycles. The minimum Gasteiger partial charge on any atom is -0.480 e. The van der Waals surface area contributed by atoms with Gasteiger partial charge in [-0.1, -0.05) is 25.4 Å². The van der Waals surface area contributed by atoms with Crippen molar-refractivity contribution in [2.45, 2.75) is 19.8 Å². The molecule has 0 atom stereocenters. The van der Waals surface area contributed by atoms with E-state index in [0.717, 1.165) is 0 Å². The molecular weight excluding hydrogens is 334 g/mol. The van der Waals surface area contributed by atoms with E-state index in [1.807, 2.05) is 13.8 Å². The van der Waals surface area contributed by atoms with Crippen molar-refractivity contribution >= 4 is 29.2 Å². The number of carbonyl (C=O) groups is 2. The summed E-state index contributed by atoms with van der Waals surface area (Å²) in [6.07, 6.45) is 1.66. The molecule has 0 unspecified atom stereocenters. The van der Waals surface area contributed by atoms with Gasteiger partial charge in [0.25, 0.3) is 5.91 Å². The molecule has 1 amide bonds. The monoisotopic (exact) mass is 351 g/mol. The number of hydrogen-bond acceptors (Lipinski definition) is 4. The second-order valence-electron chi connectivity index (χ2n) is 5.54. The molecule has 0 fully saturated rings. The first-order chi connectivity index (χ1) is 11.3. The van der Waals surface area contributed by atoms with Crippen molar-refractivity contribution in [3.63, 3.8) is 0 Å². The van der Waals surface area contributed by atoms with Crippen LogP contribution in [0.1, 0.15) is 35.8 Å². The number of rotatable bonds is 6. The molecule has 0 spiro atoms. The quantitative estimate of drug-likeness (QED) is 0.834. The third kappa shape index (κ3) is 4.26. The summed E-state index contributed by atoms with van der Waals surface area (Å²) in [5.41, 5.74) is 1.68. The molecule has 0 radical (unpaired) electrons. The van der Waals surface area contributed by atoms with Crippen molar-refractivity contribution in [1.29, 1.82) is 0 Å². The van der Waals surface area contributed by atoms with Gasteiger partial charge in [-0.15, -0.1) is 0 Å². The number of ether oxygens (including phenoxy) is 1. The maximum Gasteiger partial charge on any atom is 0.341 e. The highest BCUT2D eigenvalue weighted by Gasteiger charge is 2.18. The number of amides is 1. The van der Waals surface area contributed by atoms with Crippen molar-refractivity contribution in [2.24, 2.45) is 7.05 Å². The zero-order valence-electron chi connectivity index (χ0n) is 13.5. The number of aromatic nitrogens is 2. The molecule has 0 saturated heterocycles. The van der Waals surface area contributed by atoms with Gasteiger partial charge in [-0.25, -0.2) is 4.79 Å². The lowest BCUT2D eigenvalue weighted by Crippen LogP contribution is -2.14. The highest BCUT2D eigenvalue weighted by Crippen LogP contribution is 2.28. The number of aliphatic carboxylic acids is 1. The summed E-state index contributed by atoms with van der Waals surface area (Å²) in [7, 11) is 1.76. The minimum absolute atomic E-state index is 0.113. The molecule has 0 bridgehead atoms. The van der Waals surface area contributed by atoms with E-state index < -0.39 is 12.6 Å². The Morgan fingerprint density at radius 1 is 1.42 bits per heavy atom. The molecule has 24 heavy (non-hydrogen) atoms. The van der Waals surface area contributed by atoms with Crippen molar-refractivity contribution in [2.75, 3.05) is 11.9 Å². The Morgan fingerprint density at radius 3 is 2.71 bits per heavy atom. The number of aryl methyl sites for hydroxylation is 1. The SMILES string of the molecule is CC(C)c1nn(C)cc1C(=O)Nc1ccc(OCC(=O)O)c(Cl)c1. The Hall–Kier alpha value is -2.54. The second kappa shape index (κ2) is 7.35. The Morgan fingerprint density at radius 2 is 2.12 bits per heavy atom. The maximum atomic E-state index is 12.4. The predicted octanol–water partition coefficient (Wildman–Crippen LogP) is 2.91. The van der Waals surface area contributed by atoms with Gasteiger partial charge in [-0.2, -0.15) is 5.10 Å². The van der Waals surface area contributed by atoms with Gasteiger partial charge in [0.1, 0.15) is 5.75 Å². The number of hydrogen-bond donors (Lipinski definition) is 2. The van der Waals surface area contributed by atoms with Crippen molar-refractivity contribution < 1.29 is 19.4 Å². The summed E-state index contributed by atoms with van der Waals surface area (Å²) in [5.74, 6) is -1.04. The molecule has 7 nitrogen and oxygen atoms in total. The van der Waals surface area contributed by atoms with Crippen LogP contribution >= 0.6 is 11.6 Å². The van der Waals surface area contributed by atoms with E-state index in [9.17, 15) is 9.59 Å². The largest absolute Gasteiger partial charge is 0.480 e. The van der Waals surface area contributed by atoms with Crippen LogP contribution in [-0.4, -0.2) is 33.4 Å². The Labute approximate surface area is 144 Å². The van der Waals surface area contributed by atoms with E-state index in [4.69, 9.17) is 21.4 Å². The summed E-state index contributed by atoms with van der Waals surface area (Å²) in [4.78, 5) is 23.0. The molecule has 2 aromatic rings. The topological polar surface area (TPSA) is 93.5 Å². The average molecular weight is 352 g/mol. The molecule has 0 aliphatic rings. The number of halogens is 1. The number of carboxylic acids is 1. The Kier molecular flexibility index (Phi) is 5.46. The highest BCUT2D eigenvalue weighted by atomic mass is 35.5. The van der Waals surface area contributed by atoms with Gasteiger partial charge in [-0.05, 0) is 24.1 Å². The molecule has 1 aromatic carbocycles. The standard InChI is InChI=1S/C16H18ClN3O4/c1-9(2)15-11(7-20(3)19-15)16(23)18-10-4-5-13(12(17)6-10)24-8-14(21)22/h4-7,9H,8H2,1-3H3,(H,18,23)(H,21,22). The van der Waals surface area contributed by atoms with Crippen molar-refractivity contribution in [3.05, 3.63) is 40.7 Å². The zero-order chi connectivity index (χ0) is 17.9. The molecule has 128 valence electrons. The summed E-state index contributed by atoms with van der Waals surface area (Å²) in [6, 6.07) is 4.60. The molecule has 2 N–H and O–H groups in total. The fourth-order valence-electron chi connectivity index (χ4n) is 2.14. The first-order valence-corrected chi connectivity index (χ1v) is 7.64. The lowest BCUT2D eigenvalue weighted by Gasteiger charge is -2.10. The Bertz CT molecular complexity index is 771. The molecule has 0 aliphatic heterocycles. The summed E-state index contributed by atoms with van der Waals surface area (Å²) in [5, 5.41) is 15.9. The van der Waals surface area contributed by atoms with Gasteiger partial charge in [0.15, 0.2) is 6.61 Å². The molecular formula is C16H18ClN3O4. The van der Waals surface area contributed by atoms with Gasteiger partial charge in [-0.3, -0.25) is 9.48 Å². The minimum atomic E-state index is -1.10. The fraction of sp³-hybridized carbons (Fsp3) is 0.312. The number of anilines is 1. The van der Waals surface area contributed by atoms with E-state index in [1.54, 1.807) is 24.0 Å². The third-order valence-electron chi connectivity index (χ3n) is 3.19. The van der Waals surface area contributed by atoms with Crippen molar-refractivity contribution in [1.82, 2.24) is 9.78 Å². The zero-order valence-corrected chi connectivity index (χ0v) is 14.3. The van der Waals surface area contributed by atoms with Crippen LogP contribution in [0.5, 0.6) is 5.75 Å². The summed E-state index contributed by atoms with van der Waals surface area (Å²) in [6.45, 7) is 3.44. The van der Waals surface area contributed by atoms with Crippen LogP contribution in [0.2, 0.25) is 5.02 Å². The lowest BCUT2D eigenvalue weighted by atomic mass is 10.1. The van der Waals surface area contributed by atoms with Crippen LogP contribution in [0.3, 0.4) is 0 Å². The van der Waals surface area contributed by atoms with Crippen LogP contribution in [0.15, 0.2) is 24.4 Å². The predicted molar refractivity (Wildman–Crippen MR) is 89.8 cm³/mol.